The van der Waals surface area contributed by atoms with Gasteiger partial charge in [-0.05, 0) is 36.6 Å². The quantitative estimate of drug-likeness (QED) is 0.173. The molecule has 1 amide bonds. The number of rotatable bonds is 14. The maximum absolute atomic E-state index is 14.7. The minimum atomic E-state index is -4.50. The maximum Gasteiger partial charge on any atom is 0.408 e. The fraction of sp³-hybridized carbons (Fsp3) is 0.400. The Morgan fingerprint density at radius 3 is 2.41 bits per heavy atom. The number of benzene rings is 2. The van der Waals surface area contributed by atoms with E-state index in [2.05, 4.69) is 10.1 Å². The van der Waals surface area contributed by atoms with E-state index in [0.717, 1.165) is 19.2 Å². The number of nitrogens with one attached hydrogen (secondary N) is 1. The van der Waals surface area contributed by atoms with E-state index in [4.69, 9.17) is 18.9 Å². The first-order chi connectivity index (χ1) is 18.5. The fourth-order valence-electron chi connectivity index (χ4n) is 3.33. The topological polar surface area (TPSA) is 167 Å². The summed E-state index contributed by atoms with van der Waals surface area (Å²) in [6.07, 6.45) is -2.02. The van der Waals surface area contributed by atoms with Gasteiger partial charge in [0.25, 0.3) is 0 Å². The lowest BCUT2D eigenvalue weighted by atomic mass is 10.2. The predicted octanol–water partition coefficient (Wildman–Crippen LogP) is 2.90. The summed E-state index contributed by atoms with van der Waals surface area (Å²) >= 11 is 0. The Morgan fingerprint density at radius 1 is 1.10 bits per heavy atom. The normalized spacial score (nSPS) is 13.8. The van der Waals surface area contributed by atoms with E-state index in [9.17, 15) is 33.3 Å². The molecule has 12 nitrogen and oxygen atoms in total. The molecule has 0 spiro atoms. The molecule has 3 atom stereocenters. The number of amides is 1. The number of hydrogen-bond acceptors (Lipinski definition) is 10. The van der Waals surface area contributed by atoms with E-state index >= 15 is 0 Å². The number of carbonyl (C=O) groups excluding carboxylic acids is 3. The van der Waals surface area contributed by atoms with Crippen LogP contribution in [0.25, 0.3) is 0 Å². The first-order valence-corrected chi connectivity index (χ1v) is 13.6. The molecule has 14 heteroatoms. The molecular weight excluding hydrogens is 540 g/mol. The second-order valence-corrected chi connectivity index (χ2v) is 10.5. The number of alkyl carbamates (subject to hydrolysis) is 1. The van der Waals surface area contributed by atoms with Gasteiger partial charge in [-0.15, -0.1) is 0 Å². The molecule has 0 bridgehead atoms. The Balaban J connectivity index is 2.08. The van der Waals surface area contributed by atoms with E-state index in [1.54, 1.807) is 37.3 Å². The molecule has 39 heavy (non-hydrogen) atoms. The van der Waals surface area contributed by atoms with Crippen molar-refractivity contribution in [2.24, 2.45) is 0 Å². The molecule has 0 saturated carbocycles. The monoisotopic (exact) mass is 571 g/mol. The molecule has 0 fully saturated rings. The number of methoxy groups -OCH3 is 2. The van der Waals surface area contributed by atoms with Crippen LogP contribution in [0.2, 0.25) is 0 Å². The van der Waals surface area contributed by atoms with Crippen molar-refractivity contribution in [1.82, 2.24) is 5.32 Å². The van der Waals surface area contributed by atoms with Gasteiger partial charge >= 0.3 is 18.0 Å². The van der Waals surface area contributed by atoms with Crippen LogP contribution in [0, 0.1) is 5.82 Å². The van der Waals surface area contributed by atoms with Crippen molar-refractivity contribution >= 4 is 25.4 Å². The molecule has 0 heterocycles. The average molecular weight is 571 g/mol. The zero-order chi connectivity index (χ0) is 29.0. The summed E-state index contributed by atoms with van der Waals surface area (Å²) in [5.74, 6) is -5.51. The Labute approximate surface area is 224 Å². The van der Waals surface area contributed by atoms with Crippen molar-refractivity contribution in [1.29, 1.82) is 0 Å². The highest BCUT2D eigenvalue weighted by molar-refractivity contribution is 7.58. The highest BCUT2D eigenvalue weighted by atomic mass is 31.2. The van der Waals surface area contributed by atoms with E-state index in [1.807, 2.05) is 0 Å². The van der Waals surface area contributed by atoms with Crippen molar-refractivity contribution in [2.45, 2.75) is 31.8 Å². The van der Waals surface area contributed by atoms with Crippen molar-refractivity contribution in [2.75, 3.05) is 33.6 Å². The van der Waals surface area contributed by atoms with Crippen molar-refractivity contribution in [3.8, 4) is 11.5 Å². The highest BCUT2D eigenvalue weighted by Crippen LogP contribution is 2.55. The molecule has 2 unspecified atom stereocenters. The SMILES string of the molecule is CCOC(=O)COc1c(F)cc(C(O)P(=O)(O)CC[C@H](NC(=O)OCc2ccccc2)C(=O)OC)cc1OC. The number of halogens is 1. The van der Waals surface area contributed by atoms with Crippen LogP contribution in [0.1, 0.15) is 30.3 Å². The zero-order valence-corrected chi connectivity index (χ0v) is 22.5. The number of esters is 2. The lowest BCUT2D eigenvalue weighted by Gasteiger charge is -2.22. The number of carbonyl (C=O) groups is 3. The smallest absolute Gasteiger partial charge is 0.408 e. The summed E-state index contributed by atoms with van der Waals surface area (Å²) in [5.41, 5.74) is 0.383. The summed E-state index contributed by atoms with van der Waals surface area (Å²) in [6.45, 7) is 0.991. The zero-order valence-electron chi connectivity index (χ0n) is 21.6. The summed E-state index contributed by atoms with van der Waals surface area (Å²) < 4.78 is 52.3. The van der Waals surface area contributed by atoms with Gasteiger partial charge < -0.3 is 39.0 Å². The van der Waals surface area contributed by atoms with Gasteiger partial charge in [0, 0.05) is 6.16 Å². The van der Waals surface area contributed by atoms with Crippen LogP contribution < -0.4 is 14.8 Å². The Hall–Kier alpha value is -3.67. The number of aliphatic hydroxyl groups is 1. The van der Waals surface area contributed by atoms with Gasteiger partial charge in [0.1, 0.15) is 12.6 Å². The minimum Gasteiger partial charge on any atom is -0.493 e. The van der Waals surface area contributed by atoms with Crippen LogP contribution in [-0.4, -0.2) is 67.7 Å². The van der Waals surface area contributed by atoms with Crippen molar-refractivity contribution in [3.63, 3.8) is 0 Å². The van der Waals surface area contributed by atoms with Crippen LogP contribution in [-0.2, 0) is 35.0 Å². The highest BCUT2D eigenvalue weighted by Gasteiger charge is 2.35. The third-order valence-corrected chi connectivity index (χ3v) is 7.26. The molecule has 0 aliphatic rings. The molecule has 0 radical (unpaired) electrons. The van der Waals surface area contributed by atoms with E-state index in [1.165, 1.54) is 7.11 Å². The molecule has 0 aliphatic heterocycles. The molecular formula is C25H31FNO11P. The van der Waals surface area contributed by atoms with Crippen LogP contribution in [0.15, 0.2) is 42.5 Å². The molecule has 3 N–H and O–H groups in total. The number of ether oxygens (including phenoxy) is 5. The molecule has 0 aromatic heterocycles. The first-order valence-electron chi connectivity index (χ1n) is 11.7. The van der Waals surface area contributed by atoms with E-state index in [0.29, 0.717) is 5.56 Å². The third kappa shape index (κ3) is 9.54. The molecule has 2 aromatic rings. The van der Waals surface area contributed by atoms with Gasteiger partial charge in [0.05, 0.1) is 20.8 Å². The number of aliphatic hydroxyl groups excluding tert-OH is 1. The van der Waals surface area contributed by atoms with Crippen LogP contribution >= 0.6 is 7.37 Å². The summed E-state index contributed by atoms with van der Waals surface area (Å²) in [4.78, 5) is 46.4. The van der Waals surface area contributed by atoms with Gasteiger partial charge in [0.15, 0.2) is 29.8 Å². The maximum atomic E-state index is 14.7. The number of hydrogen-bond donors (Lipinski definition) is 3. The molecule has 0 saturated heterocycles. The van der Waals surface area contributed by atoms with Crippen molar-refractivity contribution < 1.29 is 57.0 Å². The summed E-state index contributed by atoms with van der Waals surface area (Å²) in [7, 11) is -2.26. The molecule has 214 valence electrons. The second kappa shape index (κ2) is 15.1. The first kappa shape index (κ1) is 31.5. The predicted molar refractivity (Wildman–Crippen MR) is 135 cm³/mol. The largest absolute Gasteiger partial charge is 0.493 e. The van der Waals surface area contributed by atoms with Gasteiger partial charge in [0.2, 0.25) is 7.37 Å². The van der Waals surface area contributed by atoms with Crippen LogP contribution in [0.4, 0.5) is 9.18 Å². The lowest BCUT2D eigenvalue weighted by molar-refractivity contribution is -0.145. The van der Waals surface area contributed by atoms with Crippen LogP contribution in [0.3, 0.4) is 0 Å². The Kier molecular flexibility index (Phi) is 12.2. The summed E-state index contributed by atoms with van der Waals surface area (Å²) in [6, 6.07) is 9.22. The van der Waals surface area contributed by atoms with Crippen LogP contribution in [0.5, 0.6) is 11.5 Å². The van der Waals surface area contributed by atoms with Gasteiger partial charge in [-0.2, -0.15) is 0 Å². The molecule has 0 aliphatic carbocycles. The summed E-state index contributed by atoms with van der Waals surface area (Å²) in [5, 5.41) is 12.9. The van der Waals surface area contributed by atoms with E-state index in [-0.39, 0.29) is 24.5 Å². The molecule has 2 aromatic carbocycles. The Bertz CT molecular complexity index is 1180. The van der Waals surface area contributed by atoms with Gasteiger partial charge in [-0.25, -0.2) is 18.8 Å². The molecule has 2 rings (SSSR count). The standard InChI is InChI=1S/C25H31FNO11P/c1-4-36-21(28)15-37-22-18(26)12-17(13-20(22)34-2)24(30)39(32,33)11-10-19(23(29)35-3)27-25(31)38-14-16-8-6-5-7-9-16/h5-9,12-13,19,24,30H,4,10-11,14-15H2,1-3H3,(H,27,31)(H,32,33)/t19-,24?/m0/s1. The van der Waals surface area contributed by atoms with E-state index < -0.39 is 68.0 Å². The fourth-order valence-corrected chi connectivity index (χ4v) is 4.82. The van der Waals surface area contributed by atoms with Gasteiger partial charge in [-0.3, -0.25) is 4.57 Å². The van der Waals surface area contributed by atoms with Crippen molar-refractivity contribution in [3.05, 3.63) is 59.4 Å². The minimum absolute atomic E-state index is 0.0787. The van der Waals surface area contributed by atoms with Gasteiger partial charge in [-0.1, -0.05) is 30.3 Å². The lowest BCUT2D eigenvalue weighted by Crippen LogP contribution is -2.42. The third-order valence-electron chi connectivity index (χ3n) is 5.30. The second-order valence-electron chi connectivity index (χ2n) is 8.05. The Morgan fingerprint density at radius 2 is 1.79 bits per heavy atom. The average Bonchev–Trinajstić information content (AvgIpc) is 2.92.